The largest absolute Gasteiger partial charge is 0.389 e. The number of rotatable bonds is 7. The van der Waals surface area contributed by atoms with Gasteiger partial charge in [0, 0.05) is 12.7 Å². The second-order valence-electron chi connectivity index (χ2n) is 4.36. The second kappa shape index (κ2) is 6.96. The van der Waals surface area contributed by atoms with Crippen LogP contribution in [0.2, 0.25) is 0 Å². The molecule has 0 unspecified atom stereocenters. The highest BCUT2D eigenvalue weighted by atomic mass is 16.3. The molecule has 0 bridgehead atoms. The van der Waals surface area contributed by atoms with Gasteiger partial charge >= 0.3 is 0 Å². The molecule has 0 saturated heterocycles. The third-order valence-corrected chi connectivity index (χ3v) is 2.70. The molecule has 1 atom stereocenters. The molecule has 0 radical (unpaired) electrons. The first-order valence-electron chi connectivity index (χ1n) is 6.21. The molecule has 100 valence electrons. The molecule has 0 spiro atoms. The topological polar surface area (TPSA) is 79.5 Å². The predicted octanol–water partition coefficient (Wildman–Crippen LogP) is 1.23. The molecule has 1 aromatic rings. The molecule has 0 fully saturated rings. The van der Waals surface area contributed by atoms with Crippen LogP contribution >= 0.6 is 0 Å². The van der Waals surface area contributed by atoms with Crippen molar-refractivity contribution < 1.29 is 9.90 Å². The fourth-order valence-electron chi connectivity index (χ4n) is 1.68. The lowest BCUT2D eigenvalue weighted by Crippen LogP contribution is -2.35. The lowest BCUT2D eigenvalue weighted by molar-refractivity contribution is -0.116. The van der Waals surface area contributed by atoms with Crippen LogP contribution in [0.4, 0.5) is 5.82 Å². The van der Waals surface area contributed by atoms with E-state index < -0.39 is 6.10 Å². The summed E-state index contributed by atoms with van der Waals surface area (Å²) in [4.78, 5) is 17.1. The Bertz CT molecular complexity index is 394. The highest BCUT2D eigenvalue weighted by Gasteiger charge is 2.12. The van der Waals surface area contributed by atoms with E-state index in [4.69, 9.17) is 5.73 Å². The van der Waals surface area contributed by atoms with E-state index >= 15 is 0 Å². The maximum Gasteiger partial charge on any atom is 0.236 e. The third kappa shape index (κ3) is 4.33. The zero-order chi connectivity index (χ0) is 13.5. The van der Waals surface area contributed by atoms with Gasteiger partial charge in [0.05, 0.1) is 12.6 Å². The van der Waals surface area contributed by atoms with Gasteiger partial charge in [-0.25, -0.2) is 4.98 Å². The summed E-state index contributed by atoms with van der Waals surface area (Å²) in [5, 5.41) is 9.55. The number of aliphatic hydroxyl groups is 1. The van der Waals surface area contributed by atoms with Crippen LogP contribution in [0.1, 0.15) is 38.4 Å². The number of pyridine rings is 1. The fourth-order valence-corrected chi connectivity index (χ4v) is 1.68. The number of carbonyl (C=O) groups excluding carboxylic acids is 1. The standard InChI is InChI=1S/C13H21N3O2/c1-3-4-7-16(9-12(14)18)13-8-11(10(2)17)5-6-15-13/h5-6,8,10,17H,3-4,7,9H2,1-2H3,(H2,14,18)/t10-/m1/s1. The molecule has 0 aliphatic carbocycles. The molecule has 1 aromatic heterocycles. The number of primary amides is 1. The van der Waals surface area contributed by atoms with Crippen LogP contribution in [-0.2, 0) is 4.79 Å². The first-order chi connectivity index (χ1) is 8.54. The molecule has 18 heavy (non-hydrogen) atoms. The summed E-state index contributed by atoms with van der Waals surface area (Å²) >= 11 is 0. The van der Waals surface area contributed by atoms with Gasteiger partial charge in [0.2, 0.25) is 5.91 Å². The van der Waals surface area contributed by atoms with Crippen LogP contribution < -0.4 is 10.6 Å². The van der Waals surface area contributed by atoms with E-state index in [-0.39, 0.29) is 12.5 Å². The Morgan fingerprint density at radius 3 is 2.89 bits per heavy atom. The lowest BCUT2D eigenvalue weighted by atomic mass is 10.1. The van der Waals surface area contributed by atoms with Crippen molar-refractivity contribution in [2.24, 2.45) is 5.73 Å². The van der Waals surface area contributed by atoms with Crippen molar-refractivity contribution in [1.29, 1.82) is 0 Å². The molecule has 1 rings (SSSR count). The molecular formula is C13H21N3O2. The van der Waals surface area contributed by atoms with Crippen LogP contribution in [0, 0.1) is 0 Å². The number of aromatic nitrogens is 1. The first kappa shape index (κ1) is 14.4. The van der Waals surface area contributed by atoms with E-state index in [0.717, 1.165) is 24.9 Å². The van der Waals surface area contributed by atoms with Gasteiger partial charge in [-0.1, -0.05) is 13.3 Å². The summed E-state index contributed by atoms with van der Waals surface area (Å²) in [5.74, 6) is 0.302. The number of unbranched alkanes of at least 4 members (excludes halogenated alkanes) is 1. The summed E-state index contributed by atoms with van der Waals surface area (Å²) in [7, 11) is 0. The normalized spacial score (nSPS) is 12.2. The van der Waals surface area contributed by atoms with E-state index in [1.165, 1.54) is 0 Å². The fraction of sp³-hybridized carbons (Fsp3) is 0.538. The second-order valence-corrected chi connectivity index (χ2v) is 4.36. The number of hydrogen-bond acceptors (Lipinski definition) is 4. The summed E-state index contributed by atoms with van der Waals surface area (Å²) < 4.78 is 0. The number of carbonyl (C=O) groups is 1. The SMILES string of the molecule is CCCCN(CC(N)=O)c1cc([C@@H](C)O)ccn1. The Morgan fingerprint density at radius 2 is 2.33 bits per heavy atom. The molecule has 5 heteroatoms. The zero-order valence-electron chi connectivity index (χ0n) is 11.0. The number of nitrogens with two attached hydrogens (primary N) is 1. The lowest BCUT2D eigenvalue weighted by Gasteiger charge is -2.22. The summed E-state index contributed by atoms with van der Waals surface area (Å²) in [6.45, 7) is 4.66. The van der Waals surface area contributed by atoms with Crippen molar-refractivity contribution in [2.75, 3.05) is 18.0 Å². The van der Waals surface area contributed by atoms with Gasteiger partial charge in [-0.2, -0.15) is 0 Å². The van der Waals surface area contributed by atoms with E-state index in [0.29, 0.717) is 5.82 Å². The molecule has 1 amide bonds. The van der Waals surface area contributed by atoms with Crippen LogP contribution in [0.25, 0.3) is 0 Å². The van der Waals surface area contributed by atoms with E-state index in [1.807, 2.05) is 4.90 Å². The number of anilines is 1. The van der Waals surface area contributed by atoms with Gasteiger partial charge in [0.25, 0.3) is 0 Å². The van der Waals surface area contributed by atoms with Crippen molar-refractivity contribution in [2.45, 2.75) is 32.8 Å². The highest BCUT2D eigenvalue weighted by molar-refractivity contribution is 5.79. The van der Waals surface area contributed by atoms with Crippen molar-refractivity contribution in [3.8, 4) is 0 Å². The number of aliphatic hydroxyl groups excluding tert-OH is 1. The highest BCUT2D eigenvalue weighted by Crippen LogP contribution is 2.18. The minimum atomic E-state index is -0.548. The van der Waals surface area contributed by atoms with Crippen molar-refractivity contribution in [1.82, 2.24) is 4.98 Å². The first-order valence-corrected chi connectivity index (χ1v) is 6.21. The average Bonchev–Trinajstić information content (AvgIpc) is 2.34. The maximum atomic E-state index is 11.1. The van der Waals surface area contributed by atoms with Gasteiger partial charge < -0.3 is 15.7 Å². The molecule has 5 nitrogen and oxygen atoms in total. The van der Waals surface area contributed by atoms with E-state index in [1.54, 1.807) is 25.3 Å². The average molecular weight is 251 g/mol. The van der Waals surface area contributed by atoms with Crippen LogP contribution in [0.5, 0.6) is 0 Å². The smallest absolute Gasteiger partial charge is 0.236 e. The van der Waals surface area contributed by atoms with Crippen LogP contribution in [0.15, 0.2) is 18.3 Å². The summed E-state index contributed by atoms with van der Waals surface area (Å²) in [6, 6.07) is 3.56. The van der Waals surface area contributed by atoms with Gasteiger partial charge in [-0.3, -0.25) is 4.79 Å². The van der Waals surface area contributed by atoms with Gasteiger partial charge in [0.15, 0.2) is 0 Å². The van der Waals surface area contributed by atoms with Crippen LogP contribution in [-0.4, -0.2) is 29.1 Å². The minimum absolute atomic E-state index is 0.149. The van der Waals surface area contributed by atoms with Gasteiger partial charge in [0.1, 0.15) is 5.82 Å². The number of hydrogen-bond donors (Lipinski definition) is 2. The third-order valence-electron chi connectivity index (χ3n) is 2.70. The Kier molecular flexibility index (Phi) is 5.58. The molecular weight excluding hydrogens is 230 g/mol. The number of nitrogens with zero attached hydrogens (tertiary/aromatic N) is 2. The molecule has 1 heterocycles. The predicted molar refractivity (Wildman–Crippen MR) is 71.2 cm³/mol. The Hall–Kier alpha value is -1.62. The van der Waals surface area contributed by atoms with Gasteiger partial charge in [-0.15, -0.1) is 0 Å². The van der Waals surface area contributed by atoms with Crippen molar-refractivity contribution in [3.05, 3.63) is 23.9 Å². The maximum absolute atomic E-state index is 11.1. The molecule has 3 N–H and O–H groups in total. The van der Waals surface area contributed by atoms with E-state index in [2.05, 4.69) is 11.9 Å². The Morgan fingerprint density at radius 1 is 1.61 bits per heavy atom. The Balaban J connectivity index is 2.89. The van der Waals surface area contributed by atoms with E-state index in [9.17, 15) is 9.90 Å². The quantitative estimate of drug-likeness (QED) is 0.763. The Labute approximate surface area is 108 Å². The molecule has 0 aromatic carbocycles. The summed E-state index contributed by atoms with van der Waals surface area (Å²) in [5.41, 5.74) is 6.03. The zero-order valence-corrected chi connectivity index (χ0v) is 11.0. The van der Waals surface area contributed by atoms with Crippen LogP contribution in [0.3, 0.4) is 0 Å². The van der Waals surface area contributed by atoms with Crippen molar-refractivity contribution >= 4 is 11.7 Å². The molecule has 0 saturated carbocycles. The monoisotopic (exact) mass is 251 g/mol. The minimum Gasteiger partial charge on any atom is -0.389 e. The van der Waals surface area contributed by atoms with Gasteiger partial charge in [-0.05, 0) is 31.0 Å². The summed E-state index contributed by atoms with van der Waals surface area (Å²) in [6.07, 6.45) is 3.09. The number of amides is 1. The van der Waals surface area contributed by atoms with Crippen molar-refractivity contribution in [3.63, 3.8) is 0 Å². The molecule has 0 aliphatic rings. The molecule has 0 aliphatic heterocycles.